The first-order valence-electron chi connectivity index (χ1n) is 11.7. The number of rotatable bonds is 5. The highest BCUT2D eigenvalue weighted by atomic mass is 16.2. The zero-order chi connectivity index (χ0) is 24.2. The molecule has 0 radical (unpaired) electrons. The molecule has 0 saturated carbocycles. The zero-order valence-corrected chi connectivity index (χ0v) is 19.6. The quantitative estimate of drug-likeness (QED) is 0.442. The van der Waals surface area contributed by atoms with Crippen molar-refractivity contribution in [1.82, 2.24) is 15.2 Å². The smallest absolute Gasteiger partial charge is 0.260 e. The third-order valence-corrected chi connectivity index (χ3v) is 6.34. The van der Waals surface area contributed by atoms with Gasteiger partial charge in [-0.05, 0) is 66.7 Å². The standard InChI is InChI=1S/C28H27N5O2/c1-32-14-16-33(17-15-32)23-7-5-22(6-8-23)30-19-26-25-18-21(3-2-20-10-12-29-13-11-20)4-9-24(25)27(34)31-28(26)35/h2-13,18-19,30H,14-17H2,1H3,(H,31,34,35). The molecule has 1 aromatic heterocycles. The zero-order valence-electron chi connectivity index (χ0n) is 19.6. The Kier molecular flexibility index (Phi) is 6.41. The number of nitrogens with one attached hydrogen (secondary N) is 2. The molecule has 0 spiro atoms. The molecule has 1 saturated heterocycles. The van der Waals surface area contributed by atoms with Gasteiger partial charge in [-0.2, -0.15) is 0 Å². The van der Waals surface area contributed by atoms with Crippen LogP contribution in [0.3, 0.4) is 0 Å². The van der Waals surface area contributed by atoms with E-state index in [0.29, 0.717) is 16.7 Å². The number of amides is 2. The van der Waals surface area contributed by atoms with E-state index >= 15 is 0 Å². The average Bonchev–Trinajstić information content (AvgIpc) is 2.89. The molecule has 5 rings (SSSR count). The molecule has 7 heteroatoms. The molecule has 2 N–H and O–H groups in total. The van der Waals surface area contributed by atoms with Crippen molar-refractivity contribution in [3.63, 3.8) is 0 Å². The van der Waals surface area contributed by atoms with Gasteiger partial charge in [-0.25, -0.2) is 0 Å². The number of anilines is 2. The Morgan fingerprint density at radius 3 is 2.29 bits per heavy atom. The molecule has 0 unspecified atom stereocenters. The molecular formula is C28H27N5O2. The van der Waals surface area contributed by atoms with Crippen molar-refractivity contribution in [3.8, 4) is 0 Å². The number of benzene rings is 2. The molecule has 3 aromatic rings. The normalized spacial score (nSPS) is 17.5. The number of piperazine rings is 1. The Morgan fingerprint density at radius 2 is 1.54 bits per heavy atom. The van der Waals surface area contributed by atoms with Crippen LogP contribution in [-0.4, -0.2) is 54.9 Å². The fourth-order valence-electron chi connectivity index (χ4n) is 4.25. The summed E-state index contributed by atoms with van der Waals surface area (Å²) in [6.45, 7) is 4.13. The maximum atomic E-state index is 12.7. The van der Waals surface area contributed by atoms with Gasteiger partial charge < -0.3 is 15.1 Å². The van der Waals surface area contributed by atoms with Crippen LogP contribution in [0.2, 0.25) is 0 Å². The molecular weight excluding hydrogens is 438 g/mol. The van der Waals surface area contributed by atoms with Crippen LogP contribution in [-0.2, 0) is 4.79 Å². The molecule has 7 nitrogen and oxygen atoms in total. The molecule has 176 valence electrons. The Morgan fingerprint density at radius 1 is 0.829 bits per heavy atom. The largest absolute Gasteiger partial charge is 0.369 e. The van der Waals surface area contributed by atoms with Crippen LogP contribution in [0.5, 0.6) is 0 Å². The summed E-state index contributed by atoms with van der Waals surface area (Å²) in [5.41, 5.74) is 5.47. The highest BCUT2D eigenvalue weighted by Gasteiger charge is 2.27. The van der Waals surface area contributed by atoms with E-state index in [9.17, 15) is 9.59 Å². The SMILES string of the molecule is CN1CCN(c2ccc(NC=C3C(=O)NC(=O)c4ccc(C=Cc5ccncc5)cc43)cc2)CC1. The third-order valence-electron chi connectivity index (χ3n) is 6.34. The van der Waals surface area contributed by atoms with E-state index in [4.69, 9.17) is 0 Å². The van der Waals surface area contributed by atoms with Crippen molar-refractivity contribution >= 4 is 40.9 Å². The minimum atomic E-state index is -0.417. The number of likely N-dealkylation sites (N-methyl/N-ethyl adjacent to an activating group) is 1. The number of carbonyl (C=O) groups is 2. The van der Waals surface area contributed by atoms with Crippen molar-refractivity contribution in [1.29, 1.82) is 0 Å². The second-order valence-electron chi connectivity index (χ2n) is 8.74. The summed E-state index contributed by atoms with van der Waals surface area (Å²) in [6, 6.07) is 17.5. The summed E-state index contributed by atoms with van der Waals surface area (Å²) in [7, 11) is 2.14. The van der Waals surface area contributed by atoms with E-state index < -0.39 is 5.91 Å². The summed E-state index contributed by atoms with van der Waals surface area (Å²) in [5.74, 6) is -0.803. The number of pyridine rings is 1. The molecule has 3 heterocycles. The van der Waals surface area contributed by atoms with Gasteiger partial charge in [-0.15, -0.1) is 0 Å². The van der Waals surface area contributed by atoms with E-state index in [1.807, 2.05) is 48.6 Å². The van der Waals surface area contributed by atoms with Gasteiger partial charge in [0, 0.05) is 67.3 Å². The Bertz CT molecular complexity index is 1290. The average molecular weight is 466 g/mol. The van der Waals surface area contributed by atoms with Gasteiger partial charge in [0.25, 0.3) is 11.8 Å². The number of hydrogen-bond acceptors (Lipinski definition) is 6. The van der Waals surface area contributed by atoms with Crippen LogP contribution in [0.1, 0.15) is 27.0 Å². The van der Waals surface area contributed by atoms with Crippen LogP contribution in [0.15, 0.2) is 73.2 Å². The predicted octanol–water partition coefficient (Wildman–Crippen LogP) is 3.73. The van der Waals surface area contributed by atoms with Crippen LogP contribution in [0.4, 0.5) is 11.4 Å². The molecule has 35 heavy (non-hydrogen) atoms. The lowest BCUT2D eigenvalue weighted by Gasteiger charge is -2.34. The number of carbonyl (C=O) groups excluding carboxylic acids is 2. The molecule has 0 aliphatic carbocycles. The van der Waals surface area contributed by atoms with Gasteiger partial charge in [-0.3, -0.25) is 19.9 Å². The first-order valence-corrected chi connectivity index (χ1v) is 11.7. The van der Waals surface area contributed by atoms with E-state index in [-0.39, 0.29) is 5.91 Å². The monoisotopic (exact) mass is 465 g/mol. The van der Waals surface area contributed by atoms with Gasteiger partial charge in [0.15, 0.2) is 0 Å². The fraction of sp³-hybridized carbons (Fsp3) is 0.179. The first kappa shape index (κ1) is 22.6. The Labute approximate surface area is 204 Å². The van der Waals surface area contributed by atoms with E-state index in [0.717, 1.165) is 43.0 Å². The third kappa shape index (κ3) is 5.15. The van der Waals surface area contributed by atoms with Gasteiger partial charge in [0.2, 0.25) is 0 Å². The highest BCUT2D eigenvalue weighted by molar-refractivity contribution is 6.31. The first-order chi connectivity index (χ1) is 17.1. The summed E-state index contributed by atoms with van der Waals surface area (Å²) >= 11 is 0. The molecule has 2 amide bonds. The van der Waals surface area contributed by atoms with Gasteiger partial charge in [0.05, 0.1) is 5.57 Å². The van der Waals surface area contributed by atoms with Crippen LogP contribution < -0.4 is 15.5 Å². The lowest BCUT2D eigenvalue weighted by molar-refractivity contribution is -0.114. The fourth-order valence-corrected chi connectivity index (χ4v) is 4.25. The molecule has 0 atom stereocenters. The van der Waals surface area contributed by atoms with Crippen molar-refractivity contribution in [2.45, 2.75) is 0 Å². The lowest BCUT2D eigenvalue weighted by Crippen LogP contribution is -2.44. The number of hydrogen-bond donors (Lipinski definition) is 2. The molecule has 2 aliphatic rings. The van der Waals surface area contributed by atoms with Crippen LogP contribution in [0, 0.1) is 0 Å². The molecule has 2 aliphatic heterocycles. The lowest BCUT2D eigenvalue weighted by atomic mass is 9.93. The summed E-state index contributed by atoms with van der Waals surface area (Å²) in [4.78, 5) is 33.8. The maximum absolute atomic E-state index is 12.7. The van der Waals surface area contributed by atoms with Crippen LogP contribution >= 0.6 is 0 Å². The predicted molar refractivity (Wildman–Crippen MR) is 140 cm³/mol. The summed E-state index contributed by atoms with van der Waals surface area (Å²) in [6.07, 6.45) is 9.06. The number of fused-ring (bicyclic) bond motifs is 1. The summed E-state index contributed by atoms with van der Waals surface area (Å²) in [5, 5.41) is 5.66. The molecule has 0 bridgehead atoms. The topological polar surface area (TPSA) is 77.6 Å². The van der Waals surface area contributed by atoms with Crippen molar-refractivity contribution < 1.29 is 9.59 Å². The van der Waals surface area contributed by atoms with Gasteiger partial charge in [-0.1, -0.05) is 18.2 Å². The molecule has 1 fully saturated rings. The van der Waals surface area contributed by atoms with Crippen molar-refractivity contribution in [3.05, 3.63) is 95.4 Å². The summed E-state index contributed by atoms with van der Waals surface area (Å²) < 4.78 is 0. The maximum Gasteiger partial charge on any atom is 0.260 e. The number of imide groups is 1. The van der Waals surface area contributed by atoms with E-state index in [1.165, 1.54) is 5.69 Å². The second kappa shape index (κ2) is 9.95. The Hall–Kier alpha value is -4.23. The van der Waals surface area contributed by atoms with Crippen LogP contribution in [0.25, 0.3) is 17.7 Å². The van der Waals surface area contributed by atoms with E-state index in [1.54, 1.807) is 24.7 Å². The minimum Gasteiger partial charge on any atom is -0.369 e. The van der Waals surface area contributed by atoms with Crippen molar-refractivity contribution in [2.24, 2.45) is 0 Å². The van der Waals surface area contributed by atoms with Crippen molar-refractivity contribution in [2.75, 3.05) is 43.4 Å². The van der Waals surface area contributed by atoms with Gasteiger partial charge in [0.1, 0.15) is 0 Å². The Balaban J connectivity index is 1.36. The second-order valence-corrected chi connectivity index (χ2v) is 8.74. The highest BCUT2D eigenvalue weighted by Crippen LogP contribution is 2.27. The number of nitrogens with zero attached hydrogens (tertiary/aromatic N) is 3. The van der Waals surface area contributed by atoms with E-state index in [2.05, 4.69) is 44.6 Å². The van der Waals surface area contributed by atoms with Gasteiger partial charge >= 0.3 is 0 Å². The number of aromatic nitrogens is 1. The molecule has 2 aromatic carbocycles. The minimum absolute atomic E-state index is 0.386.